The van der Waals surface area contributed by atoms with Gasteiger partial charge in [0.25, 0.3) is 0 Å². The number of carbonyl (C=O) groups is 2. The van der Waals surface area contributed by atoms with Crippen LogP contribution >= 0.6 is 11.6 Å². The van der Waals surface area contributed by atoms with Gasteiger partial charge >= 0.3 is 5.97 Å². The summed E-state index contributed by atoms with van der Waals surface area (Å²) in [7, 11) is 0. The summed E-state index contributed by atoms with van der Waals surface area (Å²) >= 11 is 5.66. The lowest BCUT2D eigenvalue weighted by atomic mass is 10.0. The van der Waals surface area contributed by atoms with Crippen LogP contribution in [0.4, 0.5) is 4.39 Å². The molecule has 2 fully saturated rings. The van der Waals surface area contributed by atoms with Gasteiger partial charge < -0.3 is 10.4 Å². The Kier molecular flexibility index (Phi) is 4.57. The van der Waals surface area contributed by atoms with E-state index in [-0.39, 0.29) is 23.3 Å². The Balaban J connectivity index is 1.72. The summed E-state index contributed by atoms with van der Waals surface area (Å²) in [5.74, 6) is -0.894. The molecule has 2 aliphatic rings. The number of carboxylic acids is 1. The van der Waals surface area contributed by atoms with Crippen molar-refractivity contribution in [1.29, 1.82) is 0 Å². The van der Waals surface area contributed by atoms with Crippen molar-refractivity contribution in [1.82, 2.24) is 5.32 Å². The number of rotatable bonds is 5. The maximum atomic E-state index is 13.6. The van der Waals surface area contributed by atoms with Gasteiger partial charge in [0.15, 0.2) is 0 Å². The number of carboxylic acid groups (broad SMARTS) is 1. The normalized spacial score (nSPS) is 27.0. The molecular weight excluding hydrogens is 321 g/mol. The van der Waals surface area contributed by atoms with E-state index < -0.39 is 17.8 Å². The van der Waals surface area contributed by atoms with Crippen molar-refractivity contribution in [2.45, 2.75) is 38.1 Å². The van der Waals surface area contributed by atoms with Gasteiger partial charge in [-0.25, -0.2) is 4.39 Å². The summed E-state index contributed by atoms with van der Waals surface area (Å²) in [5.41, 5.74) is 0.422. The van der Waals surface area contributed by atoms with Gasteiger partial charge in [-0.15, -0.1) is 0 Å². The summed E-state index contributed by atoms with van der Waals surface area (Å²) in [6.45, 7) is 0. The predicted molar refractivity (Wildman–Crippen MR) is 83.5 cm³/mol. The maximum Gasteiger partial charge on any atom is 0.305 e. The fraction of sp³-hybridized carbons (Fsp3) is 0.529. The number of benzene rings is 1. The van der Waals surface area contributed by atoms with Crippen molar-refractivity contribution >= 4 is 23.5 Å². The largest absolute Gasteiger partial charge is 0.481 e. The van der Waals surface area contributed by atoms with Gasteiger partial charge in [0.2, 0.25) is 5.91 Å². The molecule has 3 unspecified atom stereocenters. The van der Waals surface area contributed by atoms with Gasteiger partial charge in [-0.2, -0.15) is 0 Å². The van der Waals surface area contributed by atoms with Crippen LogP contribution in [-0.4, -0.2) is 17.0 Å². The zero-order chi connectivity index (χ0) is 16.6. The van der Waals surface area contributed by atoms with E-state index in [0.717, 1.165) is 25.7 Å². The predicted octanol–water partition coefficient (Wildman–Crippen LogP) is 3.55. The number of hydrogen-bond acceptors (Lipinski definition) is 2. The third kappa shape index (κ3) is 3.50. The van der Waals surface area contributed by atoms with E-state index in [9.17, 15) is 14.0 Å². The molecule has 2 aliphatic carbocycles. The zero-order valence-electron chi connectivity index (χ0n) is 12.6. The number of hydrogen-bond donors (Lipinski definition) is 2. The standard InChI is InChI=1S/C17H19ClFNO3/c18-12-6-5-9(7-13(12)19)14(8-15(21)22)20-17(23)16-10-3-1-2-4-11(10)16/h5-7,10-11,14,16H,1-4,8H2,(H,20,23)(H,21,22). The molecule has 124 valence electrons. The third-order valence-electron chi connectivity index (χ3n) is 5.00. The first-order chi connectivity index (χ1) is 11.0. The molecule has 2 saturated carbocycles. The lowest BCUT2D eigenvalue weighted by molar-refractivity contribution is -0.137. The molecule has 0 saturated heterocycles. The SMILES string of the molecule is O=C(O)CC(NC(=O)C1C2CCCCC21)c1ccc(Cl)c(F)c1. The van der Waals surface area contributed by atoms with Crippen molar-refractivity contribution in [3.05, 3.63) is 34.6 Å². The van der Waals surface area contributed by atoms with E-state index in [2.05, 4.69) is 5.32 Å². The Morgan fingerprint density at radius 1 is 1.30 bits per heavy atom. The summed E-state index contributed by atoms with van der Waals surface area (Å²) in [4.78, 5) is 23.5. The molecule has 2 N–H and O–H groups in total. The van der Waals surface area contributed by atoms with Crippen LogP contribution < -0.4 is 5.32 Å². The second kappa shape index (κ2) is 6.48. The van der Waals surface area contributed by atoms with Crippen molar-refractivity contribution in [2.75, 3.05) is 0 Å². The molecule has 3 atom stereocenters. The van der Waals surface area contributed by atoms with Crippen LogP contribution in [-0.2, 0) is 9.59 Å². The second-order valence-electron chi connectivity index (χ2n) is 6.47. The van der Waals surface area contributed by atoms with Crippen molar-refractivity contribution in [3.63, 3.8) is 0 Å². The highest BCUT2D eigenvalue weighted by atomic mass is 35.5. The minimum Gasteiger partial charge on any atom is -0.481 e. The molecule has 0 aliphatic heterocycles. The fourth-order valence-electron chi connectivity index (χ4n) is 3.81. The summed E-state index contributed by atoms with van der Waals surface area (Å²) in [6.07, 6.45) is 4.18. The van der Waals surface area contributed by atoms with E-state index in [1.165, 1.54) is 12.1 Å². The monoisotopic (exact) mass is 339 g/mol. The van der Waals surface area contributed by atoms with E-state index in [1.54, 1.807) is 6.07 Å². The minimum atomic E-state index is -1.04. The van der Waals surface area contributed by atoms with Crippen LogP contribution in [0.25, 0.3) is 0 Å². The molecule has 4 nitrogen and oxygen atoms in total. The smallest absolute Gasteiger partial charge is 0.305 e. The van der Waals surface area contributed by atoms with Gasteiger partial charge in [0.05, 0.1) is 17.5 Å². The highest BCUT2D eigenvalue weighted by molar-refractivity contribution is 6.30. The number of aliphatic carboxylic acids is 1. The molecule has 0 spiro atoms. The molecule has 0 radical (unpaired) electrons. The Morgan fingerprint density at radius 3 is 2.52 bits per heavy atom. The molecular formula is C17H19ClFNO3. The quantitative estimate of drug-likeness (QED) is 0.862. The Labute approximate surface area is 139 Å². The highest BCUT2D eigenvalue weighted by Crippen LogP contribution is 2.55. The van der Waals surface area contributed by atoms with Crippen LogP contribution in [0.15, 0.2) is 18.2 Å². The van der Waals surface area contributed by atoms with Gasteiger partial charge in [-0.05, 0) is 42.4 Å². The summed E-state index contributed by atoms with van der Waals surface area (Å²) in [6, 6.07) is 3.38. The average molecular weight is 340 g/mol. The fourth-order valence-corrected chi connectivity index (χ4v) is 3.92. The first-order valence-electron chi connectivity index (χ1n) is 7.94. The molecule has 23 heavy (non-hydrogen) atoms. The first-order valence-corrected chi connectivity index (χ1v) is 8.32. The highest BCUT2D eigenvalue weighted by Gasteiger charge is 2.54. The molecule has 3 rings (SSSR count). The number of carbonyl (C=O) groups excluding carboxylic acids is 1. The van der Waals surface area contributed by atoms with Crippen LogP contribution in [0.3, 0.4) is 0 Å². The Bertz CT molecular complexity index is 624. The van der Waals surface area contributed by atoms with Crippen LogP contribution in [0.1, 0.15) is 43.7 Å². The van der Waals surface area contributed by atoms with Gasteiger partial charge in [0.1, 0.15) is 5.82 Å². The third-order valence-corrected chi connectivity index (χ3v) is 5.31. The maximum absolute atomic E-state index is 13.6. The van der Waals surface area contributed by atoms with Gasteiger partial charge in [-0.3, -0.25) is 9.59 Å². The Morgan fingerprint density at radius 2 is 1.96 bits per heavy atom. The molecule has 0 heterocycles. The van der Waals surface area contributed by atoms with Crippen LogP contribution in [0.2, 0.25) is 5.02 Å². The van der Waals surface area contributed by atoms with Gasteiger partial charge in [0, 0.05) is 5.92 Å². The van der Waals surface area contributed by atoms with E-state index >= 15 is 0 Å². The van der Waals surface area contributed by atoms with E-state index in [1.807, 2.05) is 0 Å². The average Bonchev–Trinajstić information content (AvgIpc) is 3.23. The molecule has 1 aromatic rings. The lowest BCUT2D eigenvalue weighted by Crippen LogP contribution is -2.32. The molecule has 6 heteroatoms. The van der Waals surface area contributed by atoms with Crippen molar-refractivity contribution in [2.24, 2.45) is 17.8 Å². The zero-order valence-corrected chi connectivity index (χ0v) is 13.4. The van der Waals surface area contributed by atoms with Gasteiger partial charge in [-0.1, -0.05) is 30.5 Å². The summed E-state index contributed by atoms with van der Waals surface area (Å²) in [5, 5.41) is 11.8. The molecule has 1 amide bonds. The molecule has 1 aromatic carbocycles. The lowest BCUT2D eigenvalue weighted by Gasteiger charge is -2.18. The number of amides is 1. The Hall–Kier alpha value is -1.62. The number of nitrogens with one attached hydrogen (secondary N) is 1. The van der Waals surface area contributed by atoms with E-state index in [0.29, 0.717) is 17.4 Å². The minimum absolute atomic E-state index is 0.00839. The topological polar surface area (TPSA) is 66.4 Å². The summed E-state index contributed by atoms with van der Waals surface area (Å²) < 4.78 is 13.6. The first kappa shape index (κ1) is 16.2. The second-order valence-corrected chi connectivity index (χ2v) is 6.88. The van der Waals surface area contributed by atoms with Crippen molar-refractivity contribution < 1.29 is 19.1 Å². The van der Waals surface area contributed by atoms with Crippen LogP contribution in [0.5, 0.6) is 0 Å². The number of halogens is 2. The van der Waals surface area contributed by atoms with Crippen LogP contribution in [0, 0.1) is 23.6 Å². The van der Waals surface area contributed by atoms with Crippen molar-refractivity contribution in [3.8, 4) is 0 Å². The molecule has 0 aromatic heterocycles. The molecule has 0 bridgehead atoms. The van der Waals surface area contributed by atoms with E-state index in [4.69, 9.17) is 16.7 Å². The number of fused-ring (bicyclic) bond motifs is 1.